The summed E-state index contributed by atoms with van der Waals surface area (Å²) in [4.78, 5) is 2.50. The van der Waals surface area contributed by atoms with Gasteiger partial charge in [-0.05, 0) is 0 Å². The molecule has 0 bridgehead atoms. The first-order valence-electron chi connectivity index (χ1n) is 6.32. The van der Waals surface area contributed by atoms with E-state index < -0.39 is 18.8 Å². The van der Waals surface area contributed by atoms with Gasteiger partial charge in [0.25, 0.3) is 0 Å². The molecule has 2 heteroatoms. The molecule has 0 saturated heterocycles. The third-order valence-corrected chi connectivity index (χ3v) is 13.4. The zero-order valence-electron chi connectivity index (χ0n) is 10.6. The average molecular weight is 307 g/mol. The van der Waals surface area contributed by atoms with E-state index in [4.69, 9.17) is 3.07 Å². The van der Waals surface area contributed by atoms with Crippen LogP contribution in [0.3, 0.4) is 0 Å². The molecule has 86 valence electrons. The molecule has 0 rings (SSSR count). The van der Waals surface area contributed by atoms with Crippen LogP contribution in [-0.4, -0.2) is 25.4 Å². The van der Waals surface area contributed by atoms with Crippen LogP contribution in [0.4, 0.5) is 0 Å². The van der Waals surface area contributed by atoms with Crippen LogP contribution in [0.15, 0.2) is 0 Å². The van der Waals surface area contributed by atoms with Crippen molar-refractivity contribution in [2.45, 2.75) is 66.7 Å². The maximum atomic E-state index is 6.19. The van der Waals surface area contributed by atoms with Gasteiger partial charge in [0.2, 0.25) is 0 Å². The van der Waals surface area contributed by atoms with E-state index in [9.17, 15) is 0 Å². The first-order chi connectivity index (χ1) is 6.68. The molecule has 0 aromatic carbocycles. The Bertz CT molecular complexity index is 104. The quantitative estimate of drug-likeness (QED) is 0.566. The molecule has 0 saturated carbocycles. The second-order valence-corrected chi connectivity index (χ2v) is 16.5. The van der Waals surface area contributed by atoms with Gasteiger partial charge in [-0.1, -0.05) is 0 Å². The number of unbranched alkanes of at least 4 members (excludes halogenated alkanes) is 2. The SMILES string of the molecule is CCC[CH2][Sn]([CH3])([CH2]CCC)[O]CCC. The van der Waals surface area contributed by atoms with Gasteiger partial charge in [0, 0.05) is 0 Å². The van der Waals surface area contributed by atoms with Crippen molar-refractivity contribution in [3.05, 3.63) is 0 Å². The molecule has 0 aromatic rings. The fourth-order valence-corrected chi connectivity index (χ4v) is 11.5. The van der Waals surface area contributed by atoms with Crippen molar-refractivity contribution in [2.75, 3.05) is 6.61 Å². The number of hydrogen-bond donors (Lipinski definition) is 0. The topological polar surface area (TPSA) is 9.23 Å². The minimum atomic E-state index is -2.06. The molecule has 0 aliphatic rings. The average Bonchev–Trinajstić information content (AvgIpc) is 2.21. The molecule has 0 radical (unpaired) electrons. The van der Waals surface area contributed by atoms with E-state index in [2.05, 4.69) is 25.7 Å². The van der Waals surface area contributed by atoms with Gasteiger partial charge in [-0.15, -0.1) is 0 Å². The molecular formula is C12H28OSn. The van der Waals surface area contributed by atoms with E-state index in [0.29, 0.717) is 0 Å². The Kier molecular flexibility index (Phi) is 9.51. The molecule has 0 aliphatic carbocycles. The molecule has 0 N–H and O–H groups in total. The van der Waals surface area contributed by atoms with Crippen LogP contribution in [0.5, 0.6) is 0 Å². The van der Waals surface area contributed by atoms with Gasteiger partial charge in [0.15, 0.2) is 0 Å². The van der Waals surface area contributed by atoms with E-state index in [1.807, 2.05) is 0 Å². The Hall–Kier alpha value is 0.759. The van der Waals surface area contributed by atoms with E-state index in [1.165, 1.54) is 41.0 Å². The summed E-state index contributed by atoms with van der Waals surface area (Å²) in [6.07, 6.45) is 6.62. The second kappa shape index (κ2) is 9.02. The standard InChI is InChI=1S/2C4H9.C3H7O.CH3.Sn/c2*1-3-4-2;1-2-3-4;;/h2*1,3-4H2,2H3;2-3H2,1H3;1H3;/q;;-1;;+1. The third kappa shape index (κ3) is 7.10. The minimum absolute atomic E-state index is 1.01. The van der Waals surface area contributed by atoms with Crippen molar-refractivity contribution in [3.8, 4) is 0 Å². The number of hydrogen-bond acceptors (Lipinski definition) is 1. The summed E-state index contributed by atoms with van der Waals surface area (Å²) in [6, 6.07) is 0. The molecule has 0 amide bonds. The molecule has 0 atom stereocenters. The van der Waals surface area contributed by atoms with Crippen LogP contribution in [-0.2, 0) is 3.07 Å². The summed E-state index contributed by atoms with van der Waals surface area (Å²) in [5.41, 5.74) is 0. The van der Waals surface area contributed by atoms with Gasteiger partial charge in [0.1, 0.15) is 0 Å². The van der Waals surface area contributed by atoms with Gasteiger partial charge in [-0.2, -0.15) is 0 Å². The van der Waals surface area contributed by atoms with Crippen molar-refractivity contribution in [3.63, 3.8) is 0 Å². The predicted molar refractivity (Wildman–Crippen MR) is 67.3 cm³/mol. The molecule has 1 nitrogen and oxygen atoms in total. The Labute approximate surface area is 95.0 Å². The van der Waals surface area contributed by atoms with Crippen LogP contribution in [0, 0.1) is 0 Å². The van der Waals surface area contributed by atoms with Gasteiger partial charge in [-0.3, -0.25) is 0 Å². The number of rotatable bonds is 9. The summed E-state index contributed by atoms with van der Waals surface area (Å²) >= 11 is -2.06. The van der Waals surface area contributed by atoms with Crippen LogP contribution >= 0.6 is 0 Å². The predicted octanol–water partition coefficient (Wildman–Crippen LogP) is 4.59. The van der Waals surface area contributed by atoms with Gasteiger partial charge < -0.3 is 0 Å². The molecular weight excluding hydrogens is 279 g/mol. The third-order valence-electron chi connectivity index (χ3n) is 2.77. The summed E-state index contributed by atoms with van der Waals surface area (Å²) in [6.45, 7) is 7.80. The van der Waals surface area contributed by atoms with Crippen molar-refractivity contribution >= 4 is 18.8 Å². The van der Waals surface area contributed by atoms with Crippen molar-refractivity contribution in [2.24, 2.45) is 0 Å². The summed E-state index contributed by atoms with van der Waals surface area (Å²) in [7, 11) is 0. The van der Waals surface area contributed by atoms with Crippen molar-refractivity contribution in [1.82, 2.24) is 0 Å². The monoisotopic (exact) mass is 308 g/mol. The van der Waals surface area contributed by atoms with Crippen LogP contribution in [0.2, 0.25) is 13.8 Å². The summed E-state index contributed by atoms with van der Waals surface area (Å²) in [5, 5.41) is 0. The van der Waals surface area contributed by atoms with Gasteiger partial charge in [0.05, 0.1) is 0 Å². The molecule has 0 spiro atoms. The van der Waals surface area contributed by atoms with Crippen molar-refractivity contribution < 1.29 is 3.07 Å². The van der Waals surface area contributed by atoms with E-state index >= 15 is 0 Å². The van der Waals surface area contributed by atoms with E-state index in [-0.39, 0.29) is 0 Å². The van der Waals surface area contributed by atoms with Crippen LogP contribution in [0.1, 0.15) is 52.9 Å². The fourth-order valence-electron chi connectivity index (χ4n) is 1.72. The van der Waals surface area contributed by atoms with Crippen LogP contribution < -0.4 is 0 Å². The Balaban J connectivity index is 3.89. The second-order valence-electron chi connectivity index (χ2n) is 4.51. The van der Waals surface area contributed by atoms with E-state index in [1.54, 1.807) is 0 Å². The van der Waals surface area contributed by atoms with Crippen molar-refractivity contribution in [1.29, 1.82) is 0 Å². The summed E-state index contributed by atoms with van der Waals surface area (Å²) < 4.78 is 9.06. The molecule has 0 heterocycles. The first kappa shape index (κ1) is 14.8. The Morgan fingerprint density at radius 1 is 0.857 bits per heavy atom. The summed E-state index contributed by atoms with van der Waals surface area (Å²) in [5.74, 6) is 0. The van der Waals surface area contributed by atoms with Crippen LogP contribution in [0.25, 0.3) is 0 Å². The van der Waals surface area contributed by atoms with E-state index in [0.717, 1.165) is 6.61 Å². The molecule has 0 aromatic heterocycles. The van der Waals surface area contributed by atoms with Gasteiger partial charge in [-0.25, -0.2) is 0 Å². The Morgan fingerprint density at radius 3 is 1.71 bits per heavy atom. The molecule has 14 heavy (non-hydrogen) atoms. The van der Waals surface area contributed by atoms with Gasteiger partial charge >= 0.3 is 95.2 Å². The first-order valence-corrected chi connectivity index (χ1v) is 14.4. The zero-order chi connectivity index (χ0) is 10.9. The normalized spacial score (nSPS) is 12.0. The Morgan fingerprint density at radius 2 is 1.36 bits per heavy atom. The molecule has 0 unspecified atom stereocenters. The maximum absolute atomic E-state index is 6.19. The molecule has 0 aliphatic heterocycles. The molecule has 0 fully saturated rings. The zero-order valence-corrected chi connectivity index (χ0v) is 13.4. The fraction of sp³-hybridized carbons (Fsp3) is 1.00.